The maximum absolute atomic E-state index is 11.4. The predicted molar refractivity (Wildman–Crippen MR) is 69.8 cm³/mol. The molecule has 1 aliphatic carbocycles. The van der Waals surface area contributed by atoms with Crippen molar-refractivity contribution >= 4 is 5.91 Å². The lowest BCUT2D eigenvalue weighted by molar-refractivity contribution is -0.128. The molecule has 1 aliphatic heterocycles. The van der Waals surface area contributed by atoms with Gasteiger partial charge in [0.05, 0.1) is 12.0 Å². The SMILES string of the molecule is CC(=O)N1CCCN(C2CCCCC2C#N)CC1. The molecule has 2 atom stereocenters. The lowest BCUT2D eigenvalue weighted by atomic mass is 9.84. The zero-order valence-corrected chi connectivity index (χ0v) is 11.3. The lowest BCUT2D eigenvalue weighted by Gasteiger charge is -2.36. The van der Waals surface area contributed by atoms with Crippen LogP contribution in [0.4, 0.5) is 0 Å². The minimum absolute atomic E-state index is 0.178. The van der Waals surface area contributed by atoms with Gasteiger partial charge < -0.3 is 4.90 Å². The molecule has 1 saturated heterocycles. The molecule has 2 fully saturated rings. The van der Waals surface area contributed by atoms with E-state index in [9.17, 15) is 10.1 Å². The monoisotopic (exact) mass is 249 g/mol. The van der Waals surface area contributed by atoms with Crippen LogP contribution in [0.3, 0.4) is 0 Å². The van der Waals surface area contributed by atoms with Gasteiger partial charge in [-0.1, -0.05) is 12.8 Å². The van der Waals surface area contributed by atoms with Gasteiger partial charge >= 0.3 is 0 Å². The Hall–Kier alpha value is -1.08. The molecule has 1 amide bonds. The first-order valence-corrected chi connectivity index (χ1v) is 7.11. The van der Waals surface area contributed by atoms with Crippen LogP contribution in [-0.4, -0.2) is 47.9 Å². The van der Waals surface area contributed by atoms with Crippen LogP contribution >= 0.6 is 0 Å². The number of carbonyl (C=O) groups excluding carboxylic acids is 1. The minimum atomic E-state index is 0.178. The highest BCUT2D eigenvalue weighted by Gasteiger charge is 2.31. The number of hydrogen-bond acceptors (Lipinski definition) is 3. The minimum Gasteiger partial charge on any atom is -0.342 e. The van der Waals surface area contributed by atoms with Gasteiger partial charge in [0.15, 0.2) is 0 Å². The van der Waals surface area contributed by atoms with E-state index < -0.39 is 0 Å². The van der Waals surface area contributed by atoms with Gasteiger partial charge in [0.25, 0.3) is 0 Å². The van der Waals surface area contributed by atoms with Crippen LogP contribution in [-0.2, 0) is 4.79 Å². The van der Waals surface area contributed by atoms with Crippen molar-refractivity contribution in [3.05, 3.63) is 0 Å². The molecule has 100 valence electrons. The molecule has 18 heavy (non-hydrogen) atoms. The molecule has 0 spiro atoms. The summed E-state index contributed by atoms with van der Waals surface area (Å²) in [6, 6.07) is 2.91. The van der Waals surface area contributed by atoms with Gasteiger partial charge in [-0.05, 0) is 19.3 Å². The van der Waals surface area contributed by atoms with Gasteiger partial charge in [-0.25, -0.2) is 0 Å². The Morgan fingerprint density at radius 2 is 1.89 bits per heavy atom. The topological polar surface area (TPSA) is 47.3 Å². The van der Waals surface area contributed by atoms with E-state index in [0.717, 1.165) is 45.4 Å². The maximum atomic E-state index is 11.4. The van der Waals surface area contributed by atoms with Crippen molar-refractivity contribution in [2.75, 3.05) is 26.2 Å². The third-order valence-electron chi connectivity index (χ3n) is 4.34. The van der Waals surface area contributed by atoms with Crippen LogP contribution in [0.1, 0.15) is 39.0 Å². The average molecular weight is 249 g/mol. The maximum Gasteiger partial charge on any atom is 0.219 e. The molecule has 0 aromatic heterocycles. The first-order chi connectivity index (χ1) is 8.72. The zero-order valence-electron chi connectivity index (χ0n) is 11.3. The lowest BCUT2D eigenvalue weighted by Crippen LogP contribution is -2.44. The second-order valence-electron chi connectivity index (χ2n) is 5.48. The normalized spacial score (nSPS) is 30.6. The van der Waals surface area contributed by atoms with Crippen molar-refractivity contribution in [3.63, 3.8) is 0 Å². The summed E-state index contributed by atoms with van der Waals surface area (Å²) in [7, 11) is 0. The molecule has 1 heterocycles. The Bertz CT molecular complexity index is 336. The van der Waals surface area contributed by atoms with E-state index >= 15 is 0 Å². The summed E-state index contributed by atoms with van der Waals surface area (Å²) in [4.78, 5) is 15.8. The fraction of sp³-hybridized carbons (Fsp3) is 0.857. The number of carbonyl (C=O) groups is 1. The first kappa shape index (κ1) is 13.4. The third kappa shape index (κ3) is 3.02. The summed E-state index contributed by atoms with van der Waals surface area (Å²) in [6.07, 6.45) is 5.68. The van der Waals surface area contributed by atoms with Crippen LogP contribution in [0.15, 0.2) is 0 Å². The number of nitrogens with zero attached hydrogens (tertiary/aromatic N) is 3. The Labute approximate surface area is 110 Å². The zero-order chi connectivity index (χ0) is 13.0. The molecule has 4 nitrogen and oxygen atoms in total. The largest absolute Gasteiger partial charge is 0.342 e. The van der Waals surface area contributed by atoms with Crippen molar-refractivity contribution in [3.8, 4) is 6.07 Å². The summed E-state index contributed by atoms with van der Waals surface area (Å²) < 4.78 is 0. The third-order valence-corrected chi connectivity index (χ3v) is 4.34. The van der Waals surface area contributed by atoms with E-state index in [1.54, 1.807) is 6.92 Å². The second-order valence-corrected chi connectivity index (χ2v) is 5.48. The Balaban J connectivity index is 1.96. The summed E-state index contributed by atoms with van der Waals surface area (Å²) in [6.45, 7) is 5.31. The Morgan fingerprint density at radius 3 is 2.61 bits per heavy atom. The highest BCUT2D eigenvalue weighted by Crippen LogP contribution is 2.28. The fourth-order valence-corrected chi connectivity index (χ4v) is 3.28. The smallest absolute Gasteiger partial charge is 0.219 e. The molecule has 4 heteroatoms. The molecule has 2 unspecified atom stereocenters. The second kappa shape index (κ2) is 6.19. The highest BCUT2D eigenvalue weighted by atomic mass is 16.2. The summed E-state index contributed by atoms with van der Waals surface area (Å²) >= 11 is 0. The fourth-order valence-electron chi connectivity index (χ4n) is 3.28. The van der Waals surface area contributed by atoms with Crippen LogP contribution in [0.25, 0.3) is 0 Å². The molecule has 2 aliphatic rings. The quantitative estimate of drug-likeness (QED) is 0.709. The van der Waals surface area contributed by atoms with E-state index in [1.165, 1.54) is 12.8 Å². The van der Waals surface area contributed by atoms with Crippen molar-refractivity contribution in [2.24, 2.45) is 5.92 Å². The van der Waals surface area contributed by atoms with Crippen LogP contribution in [0.5, 0.6) is 0 Å². The van der Waals surface area contributed by atoms with Gasteiger partial charge in [-0.15, -0.1) is 0 Å². The summed E-state index contributed by atoms with van der Waals surface area (Å²) in [5, 5.41) is 9.26. The van der Waals surface area contributed by atoms with Gasteiger partial charge in [-0.3, -0.25) is 9.69 Å². The van der Waals surface area contributed by atoms with Crippen LogP contribution < -0.4 is 0 Å². The molecule has 0 radical (unpaired) electrons. The van der Waals surface area contributed by atoms with Gasteiger partial charge in [-0.2, -0.15) is 5.26 Å². The molecule has 2 rings (SSSR count). The number of amides is 1. The van der Waals surface area contributed by atoms with Gasteiger partial charge in [0.2, 0.25) is 5.91 Å². The highest BCUT2D eigenvalue weighted by molar-refractivity contribution is 5.73. The van der Waals surface area contributed by atoms with E-state index in [2.05, 4.69) is 11.0 Å². The van der Waals surface area contributed by atoms with Crippen molar-refractivity contribution in [1.29, 1.82) is 5.26 Å². The van der Waals surface area contributed by atoms with Crippen LogP contribution in [0.2, 0.25) is 0 Å². The Kier molecular flexibility index (Phi) is 4.60. The van der Waals surface area contributed by atoms with Gasteiger partial charge in [0, 0.05) is 39.1 Å². The van der Waals surface area contributed by atoms with Gasteiger partial charge in [0.1, 0.15) is 0 Å². The number of nitriles is 1. The molecule has 0 bridgehead atoms. The van der Waals surface area contributed by atoms with E-state index in [0.29, 0.717) is 6.04 Å². The van der Waals surface area contributed by atoms with E-state index in [-0.39, 0.29) is 11.8 Å². The molecule has 0 N–H and O–H groups in total. The summed E-state index contributed by atoms with van der Waals surface area (Å²) in [5.74, 6) is 0.375. The van der Waals surface area contributed by atoms with Crippen molar-refractivity contribution in [1.82, 2.24) is 9.80 Å². The van der Waals surface area contributed by atoms with E-state index in [4.69, 9.17) is 0 Å². The molecular weight excluding hydrogens is 226 g/mol. The number of hydrogen-bond donors (Lipinski definition) is 0. The Morgan fingerprint density at radius 1 is 1.11 bits per heavy atom. The standard InChI is InChI=1S/C14H23N3O/c1-12(18)16-7-4-8-17(10-9-16)14-6-3-2-5-13(14)11-15/h13-14H,2-10H2,1H3. The van der Waals surface area contributed by atoms with Crippen molar-refractivity contribution in [2.45, 2.75) is 45.1 Å². The predicted octanol–water partition coefficient (Wildman–Crippen LogP) is 1.62. The van der Waals surface area contributed by atoms with Crippen LogP contribution in [0, 0.1) is 17.2 Å². The average Bonchev–Trinajstić information content (AvgIpc) is 2.64. The number of rotatable bonds is 1. The summed E-state index contributed by atoms with van der Waals surface area (Å²) in [5.41, 5.74) is 0. The molecule has 0 aromatic carbocycles. The molecule has 0 aromatic rings. The molecule has 1 saturated carbocycles. The van der Waals surface area contributed by atoms with Crippen molar-refractivity contribution < 1.29 is 4.79 Å². The first-order valence-electron chi connectivity index (χ1n) is 7.11. The molecular formula is C14H23N3O. The van der Waals surface area contributed by atoms with E-state index in [1.807, 2.05) is 4.90 Å².